The number of carbonyl (C=O) groups excluding carboxylic acids is 2. The maximum atomic E-state index is 13.7. The average molecular weight is 790 g/mol. The van der Waals surface area contributed by atoms with E-state index < -0.39 is 30.7 Å². The fourth-order valence-corrected chi connectivity index (χ4v) is 6.60. The molecular weight excluding hydrogens is 724 g/mol. The third-order valence-corrected chi connectivity index (χ3v) is 9.98. The zero-order valence-corrected chi connectivity index (χ0v) is 33.1. The third-order valence-electron chi connectivity index (χ3n) is 9.47. The molecule has 3 rings (SSSR count). The van der Waals surface area contributed by atoms with Gasteiger partial charge < -0.3 is 34.7 Å². The van der Waals surface area contributed by atoms with Crippen molar-refractivity contribution in [1.82, 2.24) is 10.6 Å². The minimum atomic E-state index is -1.12. The second-order valence-corrected chi connectivity index (χ2v) is 14.4. The van der Waals surface area contributed by atoms with E-state index in [9.17, 15) is 14.7 Å². The maximum Gasteiger partial charge on any atom is 0.251 e. The molecule has 1 aliphatic heterocycles. The average Bonchev–Trinajstić information content (AvgIpc) is 3.48. The van der Waals surface area contributed by atoms with Gasteiger partial charge >= 0.3 is 0 Å². The lowest BCUT2D eigenvalue weighted by Crippen LogP contribution is -2.49. The fraction of sp³-hybridized carbons (Fsp3) is 0.667. The van der Waals surface area contributed by atoms with Crippen LogP contribution in [0, 0.1) is 0 Å². The summed E-state index contributed by atoms with van der Waals surface area (Å²) in [6.45, 7) is 4.48. The Hall–Kier alpha value is -2.34. The van der Waals surface area contributed by atoms with Gasteiger partial charge in [0, 0.05) is 19.7 Å². The van der Waals surface area contributed by atoms with Crippen molar-refractivity contribution in [2.24, 2.45) is 0 Å². The molecule has 0 spiro atoms. The summed E-state index contributed by atoms with van der Waals surface area (Å²) >= 11 is 3.16. The summed E-state index contributed by atoms with van der Waals surface area (Å²) in [7, 11) is 0. The third kappa shape index (κ3) is 18.1. The van der Waals surface area contributed by atoms with Gasteiger partial charge in [-0.2, -0.15) is 0 Å². The first-order valence-corrected chi connectivity index (χ1v) is 21.0. The highest BCUT2D eigenvalue weighted by Crippen LogP contribution is 2.30. The van der Waals surface area contributed by atoms with Gasteiger partial charge in [0.05, 0.1) is 18.5 Å². The molecule has 3 N–H and O–H groups in total. The monoisotopic (exact) mass is 788 g/mol. The van der Waals surface area contributed by atoms with Crippen LogP contribution in [-0.2, 0) is 41.8 Å². The van der Waals surface area contributed by atoms with E-state index in [4.69, 9.17) is 18.9 Å². The number of benzene rings is 2. The molecule has 0 radical (unpaired) electrons. The molecular formula is C42H65BrN2O7. The summed E-state index contributed by atoms with van der Waals surface area (Å²) in [6.07, 6.45) is 13.4. The number of halogens is 1. The van der Waals surface area contributed by atoms with E-state index in [-0.39, 0.29) is 25.0 Å². The second-order valence-electron chi connectivity index (χ2n) is 13.9. The fourth-order valence-electron chi connectivity index (χ4n) is 6.40. The molecule has 1 heterocycles. The van der Waals surface area contributed by atoms with Crippen molar-refractivity contribution in [2.75, 3.05) is 25.0 Å². The van der Waals surface area contributed by atoms with E-state index in [1.54, 1.807) is 0 Å². The minimum absolute atomic E-state index is 0.0494. The van der Waals surface area contributed by atoms with Gasteiger partial charge in [-0.3, -0.25) is 9.59 Å². The molecule has 2 aromatic rings. The zero-order valence-electron chi connectivity index (χ0n) is 31.5. The van der Waals surface area contributed by atoms with E-state index in [1.807, 2.05) is 60.7 Å². The van der Waals surface area contributed by atoms with E-state index in [2.05, 4.69) is 33.5 Å². The Balaban J connectivity index is 1.48. The van der Waals surface area contributed by atoms with Gasteiger partial charge in [-0.25, -0.2) is 0 Å². The molecule has 1 aliphatic rings. The van der Waals surface area contributed by atoms with Crippen LogP contribution < -0.4 is 10.6 Å². The Morgan fingerprint density at radius 2 is 1.23 bits per heavy atom. The molecule has 0 aromatic heterocycles. The summed E-state index contributed by atoms with van der Waals surface area (Å²) in [5.41, 5.74) is 1.91. The number of hydrogen-bond donors (Lipinski definition) is 3. The van der Waals surface area contributed by atoms with Gasteiger partial charge in [0.15, 0.2) is 12.4 Å². The van der Waals surface area contributed by atoms with Crippen molar-refractivity contribution in [3.63, 3.8) is 0 Å². The molecule has 10 heteroatoms. The van der Waals surface area contributed by atoms with Crippen molar-refractivity contribution < 1.29 is 33.6 Å². The molecule has 1 fully saturated rings. The van der Waals surface area contributed by atoms with Gasteiger partial charge in [-0.1, -0.05) is 167 Å². The summed E-state index contributed by atoms with van der Waals surface area (Å²) in [6, 6.07) is 19.5. The van der Waals surface area contributed by atoms with Gasteiger partial charge in [-0.05, 0) is 30.4 Å². The molecule has 292 valence electrons. The summed E-state index contributed by atoms with van der Waals surface area (Å²) < 4.78 is 25.0. The van der Waals surface area contributed by atoms with Gasteiger partial charge in [0.25, 0.3) is 5.91 Å². The zero-order chi connectivity index (χ0) is 37.1. The van der Waals surface area contributed by atoms with Crippen LogP contribution in [-0.4, -0.2) is 72.7 Å². The van der Waals surface area contributed by atoms with Gasteiger partial charge in [-0.15, -0.1) is 0 Å². The standard InChI is InChI=1S/C42H65BrN2O7/c1-2-3-4-5-14-23-30-49-42-39(50-32-34-24-17-15-18-25-34)37(47)38(52-42)40(51-33-35-26-19-16-20-27-35)41(48)45-29-22-13-11-9-7-6-8-10-12-21-28-44-36(46)31-43/h15-20,24-27,37-40,42,47H,2-14,21-23,28-33H2,1H3,(H,44,46)(H,45,48)/t37-,38-,39+,40-,42+/m0/s1. The number of hydrogen-bond acceptors (Lipinski definition) is 7. The molecule has 5 atom stereocenters. The van der Waals surface area contributed by atoms with E-state index in [1.165, 1.54) is 57.8 Å². The highest BCUT2D eigenvalue weighted by atomic mass is 79.9. The van der Waals surface area contributed by atoms with Crippen LogP contribution >= 0.6 is 15.9 Å². The number of nitrogens with one attached hydrogen (secondary N) is 2. The number of carbonyl (C=O) groups is 2. The van der Waals surface area contributed by atoms with Crippen LogP contribution in [0.15, 0.2) is 60.7 Å². The summed E-state index contributed by atoms with van der Waals surface area (Å²) in [5.74, 6) is -0.251. The van der Waals surface area contributed by atoms with Crippen LogP contribution in [0.5, 0.6) is 0 Å². The Kier molecular flexibility index (Phi) is 23.9. The van der Waals surface area contributed by atoms with Crippen molar-refractivity contribution in [2.45, 2.75) is 154 Å². The van der Waals surface area contributed by atoms with Gasteiger partial charge in [0.2, 0.25) is 5.91 Å². The number of alkyl halides is 1. The molecule has 52 heavy (non-hydrogen) atoms. The molecule has 0 bridgehead atoms. The summed E-state index contributed by atoms with van der Waals surface area (Å²) in [4.78, 5) is 24.9. The first-order valence-electron chi connectivity index (χ1n) is 19.9. The topological polar surface area (TPSA) is 115 Å². The Labute approximate surface area is 321 Å². The van der Waals surface area contributed by atoms with E-state index >= 15 is 0 Å². The van der Waals surface area contributed by atoms with Crippen molar-refractivity contribution >= 4 is 27.7 Å². The van der Waals surface area contributed by atoms with Crippen molar-refractivity contribution in [1.29, 1.82) is 0 Å². The number of rotatable bonds is 30. The molecule has 1 saturated heterocycles. The first kappa shape index (κ1) is 44.1. The smallest absolute Gasteiger partial charge is 0.251 e. The highest BCUT2D eigenvalue weighted by Gasteiger charge is 2.51. The highest BCUT2D eigenvalue weighted by molar-refractivity contribution is 9.09. The van der Waals surface area contributed by atoms with Crippen LogP contribution in [0.4, 0.5) is 0 Å². The minimum Gasteiger partial charge on any atom is -0.387 e. The summed E-state index contributed by atoms with van der Waals surface area (Å²) in [5, 5.41) is 17.9. The lowest BCUT2D eigenvalue weighted by atomic mass is 10.0. The van der Waals surface area contributed by atoms with Crippen LogP contribution in [0.1, 0.15) is 121 Å². The van der Waals surface area contributed by atoms with E-state index in [0.717, 1.165) is 62.6 Å². The molecule has 0 unspecified atom stereocenters. The van der Waals surface area contributed by atoms with Gasteiger partial charge in [0.1, 0.15) is 18.3 Å². The normalized spacial score (nSPS) is 19.1. The van der Waals surface area contributed by atoms with Crippen LogP contribution in [0.25, 0.3) is 0 Å². The number of aliphatic hydroxyl groups is 1. The Bertz CT molecular complexity index is 1190. The van der Waals surface area contributed by atoms with Crippen LogP contribution in [0.3, 0.4) is 0 Å². The molecule has 2 aromatic carbocycles. The number of unbranched alkanes of at least 4 members (excludes halogenated alkanes) is 14. The Morgan fingerprint density at radius 3 is 1.81 bits per heavy atom. The maximum absolute atomic E-state index is 13.7. The molecule has 0 saturated carbocycles. The Morgan fingerprint density at radius 1 is 0.712 bits per heavy atom. The SMILES string of the molecule is CCCCCCCCO[C@@H]1O[C@H]([C@H](OCc2ccccc2)C(=O)NCCCCCCCCCCCCNC(=O)CBr)[C@H](O)[C@H]1OCc1ccccc1. The first-order chi connectivity index (χ1) is 25.5. The van der Waals surface area contributed by atoms with Crippen molar-refractivity contribution in [3.05, 3.63) is 71.8 Å². The lowest BCUT2D eigenvalue weighted by Gasteiger charge is -2.25. The lowest BCUT2D eigenvalue weighted by molar-refractivity contribution is -0.194. The largest absolute Gasteiger partial charge is 0.387 e. The predicted molar refractivity (Wildman–Crippen MR) is 210 cm³/mol. The molecule has 9 nitrogen and oxygen atoms in total. The second kappa shape index (κ2) is 28.2. The number of aliphatic hydroxyl groups excluding tert-OH is 1. The number of amides is 2. The van der Waals surface area contributed by atoms with Crippen molar-refractivity contribution in [3.8, 4) is 0 Å². The number of ether oxygens (including phenoxy) is 4. The quantitative estimate of drug-likeness (QED) is 0.0541. The van der Waals surface area contributed by atoms with Crippen LogP contribution in [0.2, 0.25) is 0 Å². The van der Waals surface area contributed by atoms with E-state index in [0.29, 0.717) is 18.5 Å². The predicted octanol–water partition coefficient (Wildman–Crippen LogP) is 8.15. The molecule has 0 aliphatic carbocycles. The molecule has 2 amide bonds.